The van der Waals surface area contributed by atoms with Gasteiger partial charge in [0.15, 0.2) is 5.65 Å². The molecule has 0 aliphatic rings. The highest BCUT2D eigenvalue weighted by Gasteiger charge is 2.03. The summed E-state index contributed by atoms with van der Waals surface area (Å²) in [5, 5.41) is 6.37. The molecule has 0 bridgehead atoms. The summed E-state index contributed by atoms with van der Waals surface area (Å²) in [4.78, 5) is 11.0. The van der Waals surface area contributed by atoms with Crippen LogP contribution in [0.5, 0.6) is 0 Å². The number of nitrogens with zero attached hydrogens (tertiary/aromatic N) is 2. The van der Waals surface area contributed by atoms with Gasteiger partial charge in [0, 0.05) is 6.20 Å². The van der Waals surface area contributed by atoms with Crippen molar-refractivity contribution in [1.82, 2.24) is 14.6 Å². The first-order valence-corrected chi connectivity index (χ1v) is 3.58. The molecule has 2 heterocycles. The Bertz CT molecular complexity index is 486. The van der Waals surface area contributed by atoms with Crippen molar-refractivity contribution in [2.75, 3.05) is 5.73 Å². The van der Waals surface area contributed by atoms with E-state index in [-0.39, 0.29) is 5.69 Å². The molecular weight excluding hydrogens is 180 g/mol. The average molecular weight is 185 g/mol. The lowest BCUT2D eigenvalue weighted by Crippen LogP contribution is -2.09. The maximum atomic E-state index is 11.0. The molecule has 0 amide bonds. The molecule has 3 N–H and O–H groups in total. The second kappa shape index (κ2) is 2.25. The Hall–Kier alpha value is -1.49. The number of pyridine rings is 1. The van der Waals surface area contributed by atoms with Gasteiger partial charge in [-0.1, -0.05) is 11.6 Å². The summed E-state index contributed by atoms with van der Waals surface area (Å²) in [6, 6.07) is 1.54. The first kappa shape index (κ1) is 7.17. The van der Waals surface area contributed by atoms with Crippen LogP contribution in [0.3, 0.4) is 0 Å². The standard InChI is InChI=1S/C6H5ClN4O/c7-3-1-4(8)5-9-10-6(12)11(5)2-3/h1-2H,8H2,(H,10,12). The third kappa shape index (κ3) is 0.868. The minimum atomic E-state index is -0.348. The first-order chi connectivity index (χ1) is 5.68. The normalized spacial score (nSPS) is 10.8. The van der Waals surface area contributed by atoms with Gasteiger partial charge in [-0.25, -0.2) is 14.3 Å². The monoisotopic (exact) mass is 184 g/mol. The van der Waals surface area contributed by atoms with Gasteiger partial charge in [0.05, 0.1) is 10.7 Å². The Kier molecular flexibility index (Phi) is 1.34. The van der Waals surface area contributed by atoms with E-state index in [1.165, 1.54) is 16.7 Å². The number of aromatic amines is 1. The predicted octanol–water partition coefficient (Wildman–Crippen LogP) is 0.258. The summed E-state index contributed by atoms with van der Waals surface area (Å²) in [5.74, 6) is 0. The number of halogens is 1. The van der Waals surface area contributed by atoms with Crippen molar-refractivity contribution in [3.8, 4) is 0 Å². The van der Waals surface area contributed by atoms with E-state index >= 15 is 0 Å². The maximum Gasteiger partial charge on any atom is 0.347 e. The number of hydrogen-bond acceptors (Lipinski definition) is 3. The number of nitrogens with one attached hydrogen (secondary N) is 1. The number of hydrogen-bond donors (Lipinski definition) is 2. The van der Waals surface area contributed by atoms with Crippen molar-refractivity contribution in [2.45, 2.75) is 0 Å². The summed E-state index contributed by atoms with van der Waals surface area (Å²) >= 11 is 5.67. The molecule has 6 heteroatoms. The fourth-order valence-corrected chi connectivity index (χ4v) is 1.22. The summed E-state index contributed by atoms with van der Waals surface area (Å²) in [6.45, 7) is 0. The molecule has 0 saturated carbocycles. The molecule has 0 spiro atoms. The zero-order valence-electron chi connectivity index (χ0n) is 5.91. The minimum Gasteiger partial charge on any atom is -0.396 e. The molecule has 2 rings (SSSR count). The van der Waals surface area contributed by atoms with Gasteiger partial charge in [-0.05, 0) is 6.07 Å². The largest absolute Gasteiger partial charge is 0.396 e. The zero-order valence-corrected chi connectivity index (χ0v) is 6.67. The lowest BCUT2D eigenvalue weighted by atomic mass is 10.4. The van der Waals surface area contributed by atoms with Gasteiger partial charge in [0.1, 0.15) is 0 Å². The van der Waals surface area contributed by atoms with Crippen molar-refractivity contribution < 1.29 is 0 Å². The molecule has 0 atom stereocenters. The predicted molar refractivity (Wildman–Crippen MR) is 45.2 cm³/mol. The van der Waals surface area contributed by atoms with Crippen LogP contribution in [0.15, 0.2) is 17.1 Å². The van der Waals surface area contributed by atoms with E-state index in [1.807, 2.05) is 0 Å². The number of nitrogen functional groups attached to an aromatic ring is 1. The van der Waals surface area contributed by atoms with E-state index in [0.717, 1.165) is 0 Å². The SMILES string of the molecule is Nc1cc(Cl)cn2c(=O)[nH]nc12. The molecular formula is C6H5ClN4O. The molecule has 0 unspecified atom stereocenters. The third-order valence-corrected chi connectivity index (χ3v) is 1.72. The van der Waals surface area contributed by atoms with E-state index in [4.69, 9.17) is 17.3 Å². The van der Waals surface area contributed by atoms with Gasteiger partial charge in [-0.3, -0.25) is 0 Å². The highest BCUT2D eigenvalue weighted by atomic mass is 35.5. The average Bonchev–Trinajstić information content (AvgIpc) is 2.33. The van der Waals surface area contributed by atoms with Gasteiger partial charge in [-0.2, -0.15) is 5.10 Å². The topological polar surface area (TPSA) is 76.2 Å². The Balaban J connectivity index is 3.02. The molecule has 0 saturated heterocycles. The van der Waals surface area contributed by atoms with E-state index in [9.17, 15) is 4.79 Å². The summed E-state index contributed by atoms with van der Waals surface area (Å²) < 4.78 is 1.26. The van der Waals surface area contributed by atoms with E-state index in [0.29, 0.717) is 16.4 Å². The van der Waals surface area contributed by atoms with Gasteiger partial charge in [0.2, 0.25) is 0 Å². The molecule has 0 radical (unpaired) electrons. The van der Waals surface area contributed by atoms with Crippen LogP contribution in [0.2, 0.25) is 5.02 Å². The number of fused-ring (bicyclic) bond motifs is 1. The van der Waals surface area contributed by atoms with Crippen LogP contribution in [0.1, 0.15) is 0 Å². The highest BCUT2D eigenvalue weighted by molar-refractivity contribution is 6.30. The second-order valence-electron chi connectivity index (χ2n) is 2.34. The number of aromatic nitrogens is 3. The quantitative estimate of drug-likeness (QED) is 0.617. The summed E-state index contributed by atoms with van der Waals surface area (Å²) in [6.07, 6.45) is 1.46. The minimum absolute atomic E-state index is 0.348. The van der Waals surface area contributed by atoms with E-state index < -0.39 is 0 Å². The van der Waals surface area contributed by atoms with Crippen LogP contribution in [0, 0.1) is 0 Å². The van der Waals surface area contributed by atoms with E-state index in [2.05, 4.69) is 10.2 Å². The van der Waals surface area contributed by atoms with Crippen LogP contribution < -0.4 is 11.4 Å². The fraction of sp³-hybridized carbons (Fsp3) is 0. The van der Waals surface area contributed by atoms with Crippen molar-refractivity contribution in [3.63, 3.8) is 0 Å². The molecule has 0 aliphatic heterocycles. The van der Waals surface area contributed by atoms with Gasteiger partial charge >= 0.3 is 5.69 Å². The first-order valence-electron chi connectivity index (χ1n) is 3.20. The Labute approximate surface area is 71.8 Å². The van der Waals surface area contributed by atoms with Crippen LogP contribution in [0.4, 0.5) is 5.69 Å². The molecule has 0 aliphatic carbocycles. The number of nitrogens with two attached hydrogens (primary N) is 1. The van der Waals surface area contributed by atoms with Gasteiger partial charge < -0.3 is 5.73 Å². The van der Waals surface area contributed by atoms with Crippen molar-refractivity contribution >= 4 is 22.9 Å². The molecule has 0 fully saturated rings. The van der Waals surface area contributed by atoms with Gasteiger partial charge in [-0.15, -0.1) is 0 Å². The maximum absolute atomic E-state index is 11.0. The van der Waals surface area contributed by atoms with Crippen molar-refractivity contribution in [2.24, 2.45) is 0 Å². The van der Waals surface area contributed by atoms with Gasteiger partial charge in [0.25, 0.3) is 0 Å². The Morgan fingerprint density at radius 3 is 3.17 bits per heavy atom. The third-order valence-electron chi connectivity index (χ3n) is 1.51. The number of anilines is 1. The summed E-state index contributed by atoms with van der Waals surface area (Å²) in [5.41, 5.74) is 5.96. The summed E-state index contributed by atoms with van der Waals surface area (Å²) in [7, 11) is 0. The Morgan fingerprint density at radius 2 is 2.42 bits per heavy atom. The Morgan fingerprint density at radius 1 is 1.67 bits per heavy atom. The molecule has 5 nitrogen and oxygen atoms in total. The van der Waals surface area contributed by atoms with Crippen LogP contribution in [-0.2, 0) is 0 Å². The smallest absolute Gasteiger partial charge is 0.347 e. The lowest BCUT2D eigenvalue weighted by molar-refractivity contribution is 1.02. The molecule has 2 aromatic heterocycles. The van der Waals surface area contributed by atoms with Crippen LogP contribution in [-0.4, -0.2) is 14.6 Å². The molecule has 62 valence electrons. The fourth-order valence-electron chi connectivity index (χ4n) is 1.00. The molecule has 12 heavy (non-hydrogen) atoms. The second-order valence-corrected chi connectivity index (χ2v) is 2.77. The van der Waals surface area contributed by atoms with Crippen LogP contribution in [0.25, 0.3) is 5.65 Å². The molecule has 0 aromatic carbocycles. The van der Waals surface area contributed by atoms with E-state index in [1.54, 1.807) is 0 Å². The molecule has 2 aromatic rings. The highest BCUT2D eigenvalue weighted by Crippen LogP contribution is 2.15. The van der Waals surface area contributed by atoms with Crippen LogP contribution >= 0.6 is 11.6 Å². The zero-order chi connectivity index (χ0) is 8.72. The number of rotatable bonds is 0. The van der Waals surface area contributed by atoms with Crippen molar-refractivity contribution in [1.29, 1.82) is 0 Å². The van der Waals surface area contributed by atoms with Crippen molar-refractivity contribution in [3.05, 3.63) is 27.8 Å². The lowest BCUT2D eigenvalue weighted by Gasteiger charge is -1.95. The number of H-pyrrole nitrogens is 1.